The van der Waals surface area contributed by atoms with E-state index in [0.717, 1.165) is 6.26 Å². The van der Waals surface area contributed by atoms with Crippen molar-refractivity contribution >= 4 is 33.0 Å². The summed E-state index contributed by atoms with van der Waals surface area (Å²) in [5, 5.41) is 2.72. The molecular weight excluding hydrogens is 357 g/mol. The predicted octanol–water partition coefficient (Wildman–Crippen LogP) is 3.29. The molecule has 0 saturated carbocycles. The number of nitrogens with one attached hydrogen (secondary N) is 1. The molecule has 1 atom stereocenters. The second kappa shape index (κ2) is 7.19. The number of halogens is 2. The lowest BCUT2D eigenvalue weighted by Crippen LogP contribution is -2.30. The fraction of sp³-hybridized carbons (Fsp3) is 0.188. The number of carbonyl (C=O) groups excluding carboxylic acids is 1. The van der Waals surface area contributed by atoms with Gasteiger partial charge in [0.2, 0.25) is 0 Å². The van der Waals surface area contributed by atoms with E-state index in [2.05, 4.69) is 5.32 Å². The molecule has 0 aliphatic carbocycles. The lowest BCUT2D eigenvalue weighted by Gasteiger charge is -2.15. The number of anilines is 1. The normalized spacial score (nSPS) is 12.5. The number of sulfone groups is 1. The van der Waals surface area contributed by atoms with Gasteiger partial charge in [0.1, 0.15) is 11.6 Å². The third-order valence-corrected chi connectivity index (χ3v) is 4.56. The Bertz CT molecular complexity index is 853. The van der Waals surface area contributed by atoms with E-state index in [1.54, 1.807) is 0 Å². The van der Waals surface area contributed by atoms with Gasteiger partial charge in [-0.15, -0.1) is 0 Å². The summed E-state index contributed by atoms with van der Waals surface area (Å²) < 4.78 is 41.4. The second-order valence-corrected chi connectivity index (χ2v) is 7.54. The van der Waals surface area contributed by atoms with Gasteiger partial charge < -0.3 is 10.1 Å². The number of rotatable bonds is 5. The van der Waals surface area contributed by atoms with Gasteiger partial charge in [0, 0.05) is 6.26 Å². The summed E-state index contributed by atoms with van der Waals surface area (Å²) in [5.74, 6) is -0.606. The summed E-state index contributed by atoms with van der Waals surface area (Å²) in [4.78, 5) is 12.2. The molecule has 0 heterocycles. The van der Waals surface area contributed by atoms with E-state index in [0.29, 0.717) is 5.75 Å². The van der Waals surface area contributed by atoms with Crippen molar-refractivity contribution in [2.45, 2.75) is 17.9 Å². The fourth-order valence-electron chi connectivity index (χ4n) is 1.84. The van der Waals surface area contributed by atoms with Crippen molar-refractivity contribution in [1.29, 1.82) is 0 Å². The molecular formula is C16H15ClFNO4S. The third-order valence-electron chi connectivity index (χ3n) is 3.12. The van der Waals surface area contributed by atoms with Crippen molar-refractivity contribution in [2.75, 3.05) is 11.6 Å². The molecule has 0 aliphatic heterocycles. The first-order valence-electron chi connectivity index (χ1n) is 6.89. The molecule has 0 bridgehead atoms. The molecule has 1 amide bonds. The van der Waals surface area contributed by atoms with E-state index < -0.39 is 27.7 Å². The molecule has 2 aromatic rings. The van der Waals surface area contributed by atoms with E-state index in [1.165, 1.54) is 49.4 Å². The molecule has 0 aromatic heterocycles. The van der Waals surface area contributed by atoms with Crippen molar-refractivity contribution in [3.8, 4) is 5.75 Å². The highest BCUT2D eigenvalue weighted by atomic mass is 35.5. The molecule has 5 nitrogen and oxygen atoms in total. The molecule has 1 N–H and O–H groups in total. The molecule has 0 aliphatic rings. The zero-order valence-electron chi connectivity index (χ0n) is 12.9. The standard InChI is InChI=1S/C16H15ClFNO4S/c1-10(23-12-5-3-11(18)4-6-12)16(20)19-15-9-13(24(2,21)22)7-8-14(15)17/h3-10H,1-2H3,(H,19,20)/t10-/m0/s1. The molecule has 0 radical (unpaired) electrons. The van der Waals surface area contributed by atoms with Crippen LogP contribution in [0.4, 0.5) is 10.1 Å². The molecule has 0 saturated heterocycles. The molecule has 2 aromatic carbocycles. The first-order valence-corrected chi connectivity index (χ1v) is 9.16. The zero-order valence-corrected chi connectivity index (χ0v) is 14.5. The number of benzene rings is 2. The Morgan fingerprint density at radius 1 is 1.21 bits per heavy atom. The smallest absolute Gasteiger partial charge is 0.265 e. The summed E-state index contributed by atoms with van der Waals surface area (Å²) >= 11 is 5.98. The van der Waals surface area contributed by atoms with E-state index >= 15 is 0 Å². The minimum Gasteiger partial charge on any atom is -0.481 e. The molecule has 0 spiro atoms. The van der Waals surface area contributed by atoms with Crippen LogP contribution in [-0.2, 0) is 14.6 Å². The van der Waals surface area contributed by atoms with Crippen LogP contribution in [0.3, 0.4) is 0 Å². The first-order chi connectivity index (χ1) is 11.2. The summed E-state index contributed by atoms with van der Waals surface area (Å²) in [5.41, 5.74) is 0.166. The van der Waals surface area contributed by atoms with Gasteiger partial charge in [0.25, 0.3) is 5.91 Å². The molecule has 2 rings (SSSR count). The van der Waals surface area contributed by atoms with Gasteiger partial charge >= 0.3 is 0 Å². The van der Waals surface area contributed by atoms with Crippen molar-refractivity contribution in [1.82, 2.24) is 0 Å². The van der Waals surface area contributed by atoms with Crippen LogP contribution in [0.5, 0.6) is 5.75 Å². The predicted molar refractivity (Wildman–Crippen MR) is 89.7 cm³/mol. The average molecular weight is 372 g/mol. The van der Waals surface area contributed by atoms with Crippen molar-refractivity contribution < 1.29 is 22.3 Å². The largest absolute Gasteiger partial charge is 0.481 e. The molecule has 0 fully saturated rings. The Morgan fingerprint density at radius 2 is 1.83 bits per heavy atom. The summed E-state index contributed by atoms with van der Waals surface area (Å²) in [7, 11) is -3.43. The molecule has 24 heavy (non-hydrogen) atoms. The lowest BCUT2D eigenvalue weighted by atomic mass is 10.3. The van der Waals surface area contributed by atoms with Gasteiger partial charge in [-0.3, -0.25) is 4.79 Å². The molecule has 0 unspecified atom stereocenters. The number of hydrogen-bond acceptors (Lipinski definition) is 4. The van der Waals surface area contributed by atoms with E-state index in [9.17, 15) is 17.6 Å². The number of amides is 1. The molecule has 8 heteroatoms. The van der Waals surface area contributed by atoms with Crippen molar-refractivity contribution in [3.63, 3.8) is 0 Å². The maximum absolute atomic E-state index is 12.9. The monoisotopic (exact) mass is 371 g/mol. The Balaban J connectivity index is 2.12. The van der Waals surface area contributed by atoms with Gasteiger partial charge in [-0.1, -0.05) is 11.6 Å². The average Bonchev–Trinajstić information content (AvgIpc) is 2.50. The van der Waals surface area contributed by atoms with Crippen LogP contribution in [0.15, 0.2) is 47.4 Å². The zero-order chi connectivity index (χ0) is 17.9. The third kappa shape index (κ3) is 4.69. The van der Waals surface area contributed by atoms with Crippen molar-refractivity contribution in [3.05, 3.63) is 53.3 Å². The molecule has 128 valence electrons. The highest BCUT2D eigenvalue weighted by Crippen LogP contribution is 2.25. The van der Waals surface area contributed by atoms with Gasteiger partial charge in [0.05, 0.1) is 15.6 Å². The van der Waals surface area contributed by atoms with Crippen LogP contribution in [0.25, 0.3) is 0 Å². The number of hydrogen-bond donors (Lipinski definition) is 1. The minimum absolute atomic E-state index is 0.0364. The van der Waals surface area contributed by atoms with Gasteiger partial charge in [0.15, 0.2) is 15.9 Å². The van der Waals surface area contributed by atoms with Gasteiger partial charge in [-0.2, -0.15) is 0 Å². The quantitative estimate of drug-likeness (QED) is 0.875. The second-order valence-electron chi connectivity index (χ2n) is 5.12. The fourth-order valence-corrected chi connectivity index (χ4v) is 2.65. The Hall–Kier alpha value is -2.12. The lowest BCUT2D eigenvalue weighted by molar-refractivity contribution is -0.122. The highest BCUT2D eigenvalue weighted by molar-refractivity contribution is 7.90. The van der Waals surface area contributed by atoms with E-state index in [-0.39, 0.29) is 15.6 Å². The van der Waals surface area contributed by atoms with Crippen LogP contribution in [0, 0.1) is 5.82 Å². The first kappa shape index (κ1) is 18.2. The van der Waals surface area contributed by atoms with E-state index in [4.69, 9.17) is 16.3 Å². The van der Waals surface area contributed by atoms with E-state index in [1.807, 2.05) is 0 Å². The summed E-state index contributed by atoms with van der Waals surface area (Å²) in [6.45, 7) is 1.51. The van der Waals surface area contributed by atoms with Crippen LogP contribution < -0.4 is 10.1 Å². The van der Waals surface area contributed by atoms with Crippen LogP contribution >= 0.6 is 11.6 Å². The Morgan fingerprint density at radius 3 is 2.42 bits per heavy atom. The van der Waals surface area contributed by atoms with Gasteiger partial charge in [-0.25, -0.2) is 12.8 Å². The Kier molecular flexibility index (Phi) is 5.46. The Labute approximate surface area is 144 Å². The van der Waals surface area contributed by atoms with Crippen LogP contribution in [0.2, 0.25) is 5.02 Å². The minimum atomic E-state index is -3.43. The number of carbonyl (C=O) groups is 1. The maximum Gasteiger partial charge on any atom is 0.265 e. The number of ether oxygens (including phenoxy) is 1. The summed E-state index contributed by atoms with van der Waals surface area (Å²) in [6.07, 6.45) is 0.163. The topological polar surface area (TPSA) is 72.5 Å². The van der Waals surface area contributed by atoms with Crippen LogP contribution in [-0.4, -0.2) is 26.7 Å². The SMILES string of the molecule is C[C@H](Oc1ccc(F)cc1)C(=O)Nc1cc(S(C)(=O)=O)ccc1Cl. The van der Waals surface area contributed by atoms with Gasteiger partial charge in [-0.05, 0) is 49.4 Å². The maximum atomic E-state index is 12.9. The highest BCUT2D eigenvalue weighted by Gasteiger charge is 2.18. The summed E-state index contributed by atoms with van der Waals surface area (Å²) in [6, 6.07) is 9.25. The van der Waals surface area contributed by atoms with Crippen LogP contribution in [0.1, 0.15) is 6.92 Å². The van der Waals surface area contributed by atoms with Crippen molar-refractivity contribution in [2.24, 2.45) is 0 Å².